The van der Waals surface area contributed by atoms with Gasteiger partial charge in [0.25, 0.3) is 0 Å². The first-order valence-corrected chi connectivity index (χ1v) is 6.10. The predicted molar refractivity (Wildman–Crippen MR) is 72.2 cm³/mol. The highest BCUT2D eigenvalue weighted by Crippen LogP contribution is 2.23. The van der Waals surface area contributed by atoms with Crippen LogP contribution in [0.5, 0.6) is 0 Å². The van der Waals surface area contributed by atoms with Gasteiger partial charge in [-0.05, 0) is 48.9 Å². The molecule has 1 aromatic heterocycles. The van der Waals surface area contributed by atoms with Crippen LogP contribution in [0, 0.1) is 0 Å². The van der Waals surface area contributed by atoms with Crippen molar-refractivity contribution in [3.63, 3.8) is 0 Å². The second kappa shape index (κ2) is 4.53. The van der Waals surface area contributed by atoms with Crippen molar-refractivity contribution in [2.24, 2.45) is 10.7 Å². The number of nitrogens with two attached hydrogens (primary N) is 1. The fraction of sp³-hybridized carbons (Fsp3) is 0.250. The summed E-state index contributed by atoms with van der Waals surface area (Å²) in [5.74, 6) is 0.463. The Bertz CT molecular complexity index is 514. The Labute approximate surface area is 99.0 Å². The van der Waals surface area contributed by atoms with E-state index < -0.39 is 0 Å². The maximum absolute atomic E-state index is 5.77. The lowest BCUT2D eigenvalue weighted by molar-refractivity contribution is 0.833. The summed E-state index contributed by atoms with van der Waals surface area (Å²) in [6.07, 6.45) is 0. The van der Waals surface area contributed by atoms with Gasteiger partial charge in [0, 0.05) is 16.4 Å². The van der Waals surface area contributed by atoms with Gasteiger partial charge in [0.1, 0.15) is 0 Å². The quantitative estimate of drug-likeness (QED) is 0.618. The molecule has 84 valence electrons. The Morgan fingerprint density at radius 1 is 1.38 bits per heavy atom. The number of guanidine groups is 1. The molecule has 4 heteroatoms. The van der Waals surface area contributed by atoms with E-state index in [2.05, 4.69) is 33.9 Å². The van der Waals surface area contributed by atoms with E-state index in [-0.39, 0.29) is 6.04 Å². The minimum Gasteiger partial charge on any atom is -0.370 e. The van der Waals surface area contributed by atoms with Crippen LogP contribution in [0.1, 0.15) is 13.8 Å². The van der Waals surface area contributed by atoms with Gasteiger partial charge < -0.3 is 11.1 Å². The van der Waals surface area contributed by atoms with Crippen LogP contribution in [-0.4, -0.2) is 12.0 Å². The number of rotatable bonds is 2. The molecule has 0 amide bonds. The molecule has 1 aromatic carbocycles. The van der Waals surface area contributed by atoms with Crippen molar-refractivity contribution in [3.8, 4) is 0 Å². The van der Waals surface area contributed by atoms with E-state index in [1.807, 2.05) is 19.9 Å². The van der Waals surface area contributed by atoms with E-state index in [0.717, 1.165) is 5.69 Å². The summed E-state index contributed by atoms with van der Waals surface area (Å²) >= 11 is 1.74. The molecule has 0 unspecified atom stereocenters. The third kappa shape index (κ3) is 2.52. The zero-order valence-electron chi connectivity index (χ0n) is 9.40. The van der Waals surface area contributed by atoms with Crippen molar-refractivity contribution >= 4 is 33.1 Å². The molecule has 16 heavy (non-hydrogen) atoms. The average Bonchev–Trinajstić information content (AvgIpc) is 2.63. The van der Waals surface area contributed by atoms with Crippen LogP contribution in [0.2, 0.25) is 0 Å². The molecular formula is C12H15N3S. The molecule has 0 aliphatic rings. The lowest BCUT2D eigenvalue weighted by Crippen LogP contribution is -2.23. The number of nitrogens with zero attached hydrogens (tertiary/aromatic N) is 1. The highest BCUT2D eigenvalue weighted by atomic mass is 32.1. The lowest BCUT2D eigenvalue weighted by Gasteiger charge is -2.06. The van der Waals surface area contributed by atoms with E-state index in [4.69, 9.17) is 5.73 Å². The highest BCUT2D eigenvalue weighted by molar-refractivity contribution is 7.17. The van der Waals surface area contributed by atoms with Crippen molar-refractivity contribution in [2.75, 3.05) is 5.32 Å². The van der Waals surface area contributed by atoms with Crippen molar-refractivity contribution < 1.29 is 0 Å². The van der Waals surface area contributed by atoms with E-state index >= 15 is 0 Å². The van der Waals surface area contributed by atoms with Gasteiger partial charge in [-0.1, -0.05) is 0 Å². The maximum atomic E-state index is 5.77. The summed E-state index contributed by atoms with van der Waals surface area (Å²) in [6.45, 7) is 3.99. The number of nitrogens with one attached hydrogen (secondary N) is 1. The number of aliphatic imine (C=N–C) groups is 1. The monoisotopic (exact) mass is 233 g/mol. The van der Waals surface area contributed by atoms with Crippen LogP contribution in [0.25, 0.3) is 10.1 Å². The molecule has 2 aromatic rings. The molecule has 0 aliphatic heterocycles. The molecule has 0 radical (unpaired) electrons. The van der Waals surface area contributed by atoms with Crippen molar-refractivity contribution in [1.82, 2.24) is 0 Å². The molecule has 0 bridgehead atoms. The molecule has 1 heterocycles. The Hall–Kier alpha value is -1.55. The third-order valence-electron chi connectivity index (χ3n) is 2.12. The fourth-order valence-corrected chi connectivity index (χ4v) is 2.27. The first kappa shape index (κ1) is 11.0. The standard InChI is InChI=1S/C12H15N3S/c1-8(2)14-12(13)15-10-3-4-11-9(7-10)5-6-16-11/h3-8H,1-2H3,(H3,13,14,15). The van der Waals surface area contributed by atoms with Gasteiger partial charge in [0.05, 0.1) is 0 Å². The summed E-state index contributed by atoms with van der Waals surface area (Å²) in [6, 6.07) is 8.49. The van der Waals surface area contributed by atoms with Gasteiger partial charge in [0.15, 0.2) is 5.96 Å². The zero-order valence-corrected chi connectivity index (χ0v) is 10.2. The SMILES string of the molecule is CC(C)N=C(N)Nc1ccc2sccc2c1. The number of anilines is 1. The van der Waals surface area contributed by atoms with Crippen molar-refractivity contribution in [3.05, 3.63) is 29.6 Å². The van der Waals surface area contributed by atoms with Gasteiger partial charge >= 0.3 is 0 Å². The fourth-order valence-electron chi connectivity index (χ4n) is 1.50. The normalized spacial score (nSPS) is 12.3. The predicted octanol–water partition coefficient (Wildman–Crippen LogP) is 3.04. The van der Waals surface area contributed by atoms with Crippen molar-refractivity contribution in [2.45, 2.75) is 19.9 Å². The Balaban J connectivity index is 2.21. The molecule has 3 N–H and O–H groups in total. The van der Waals surface area contributed by atoms with Gasteiger partial charge in [-0.25, -0.2) is 0 Å². The Kier molecular flexibility index (Phi) is 3.10. The minimum atomic E-state index is 0.206. The number of hydrogen-bond acceptors (Lipinski definition) is 2. The second-order valence-corrected chi connectivity index (χ2v) is 4.85. The summed E-state index contributed by atoms with van der Waals surface area (Å²) < 4.78 is 1.28. The summed E-state index contributed by atoms with van der Waals surface area (Å²) in [5, 5.41) is 6.40. The highest BCUT2D eigenvalue weighted by Gasteiger charge is 1.99. The molecule has 0 saturated carbocycles. The van der Waals surface area contributed by atoms with Crippen LogP contribution in [0.3, 0.4) is 0 Å². The maximum Gasteiger partial charge on any atom is 0.193 e. The lowest BCUT2D eigenvalue weighted by atomic mass is 10.2. The third-order valence-corrected chi connectivity index (χ3v) is 3.02. The number of benzene rings is 1. The molecule has 0 aliphatic carbocycles. The first-order valence-electron chi connectivity index (χ1n) is 5.23. The van der Waals surface area contributed by atoms with Crippen LogP contribution in [0.4, 0.5) is 5.69 Å². The molecular weight excluding hydrogens is 218 g/mol. The summed E-state index contributed by atoms with van der Waals surface area (Å²) in [7, 11) is 0. The Morgan fingerprint density at radius 3 is 2.94 bits per heavy atom. The molecule has 2 rings (SSSR count). The van der Waals surface area contributed by atoms with Crippen LogP contribution in [0.15, 0.2) is 34.6 Å². The molecule has 0 atom stereocenters. The molecule has 3 nitrogen and oxygen atoms in total. The van der Waals surface area contributed by atoms with E-state index in [0.29, 0.717) is 5.96 Å². The number of thiophene rings is 1. The smallest absolute Gasteiger partial charge is 0.193 e. The Morgan fingerprint density at radius 2 is 2.19 bits per heavy atom. The van der Waals surface area contributed by atoms with Gasteiger partial charge in [-0.15, -0.1) is 11.3 Å². The van der Waals surface area contributed by atoms with E-state index in [1.165, 1.54) is 10.1 Å². The van der Waals surface area contributed by atoms with Crippen LogP contribution >= 0.6 is 11.3 Å². The van der Waals surface area contributed by atoms with E-state index in [9.17, 15) is 0 Å². The molecule has 0 spiro atoms. The number of fused-ring (bicyclic) bond motifs is 1. The summed E-state index contributed by atoms with van der Waals surface area (Å²) in [4.78, 5) is 4.23. The van der Waals surface area contributed by atoms with Gasteiger partial charge in [-0.3, -0.25) is 4.99 Å². The van der Waals surface area contributed by atoms with Gasteiger partial charge in [0.2, 0.25) is 0 Å². The van der Waals surface area contributed by atoms with Crippen molar-refractivity contribution in [1.29, 1.82) is 0 Å². The van der Waals surface area contributed by atoms with Gasteiger partial charge in [-0.2, -0.15) is 0 Å². The number of hydrogen-bond donors (Lipinski definition) is 2. The van der Waals surface area contributed by atoms with Crippen LogP contribution < -0.4 is 11.1 Å². The second-order valence-electron chi connectivity index (χ2n) is 3.91. The largest absolute Gasteiger partial charge is 0.370 e. The minimum absolute atomic E-state index is 0.206. The van der Waals surface area contributed by atoms with Crippen LogP contribution in [-0.2, 0) is 0 Å². The summed E-state index contributed by atoms with van der Waals surface area (Å²) in [5.41, 5.74) is 6.75. The molecule has 0 saturated heterocycles. The van der Waals surface area contributed by atoms with E-state index in [1.54, 1.807) is 11.3 Å². The zero-order chi connectivity index (χ0) is 11.5. The molecule has 0 fully saturated rings. The topological polar surface area (TPSA) is 50.4 Å². The average molecular weight is 233 g/mol. The first-order chi connectivity index (χ1) is 7.65.